The molecule has 0 N–H and O–H groups in total. The summed E-state index contributed by atoms with van der Waals surface area (Å²) in [6.45, 7) is 9.37. The first-order chi connectivity index (χ1) is 14.1. The van der Waals surface area contributed by atoms with Crippen LogP contribution in [-0.4, -0.2) is 0 Å². The smallest absolute Gasteiger partial charge is 0.110 e. The molecule has 0 radical (unpaired) electrons. The zero-order chi connectivity index (χ0) is 20.9. The molecule has 0 saturated carbocycles. The van der Waals surface area contributed by atoms with Crippen molar-refractivity contribution >= 4 is 22.7 Å². The highest BCUT2D eigenvalue weighted by Gasteiger charge is 2.47. The molecule has 2 aromatic heterocycles. The van der Waals surface area contributed by atoms with Crippen molar-refractivity contribution < 1.29 is 0 Å². The van der Waals surface area contributed by atoms with Gasteiger partial charge in [-0.25, -0.2) is 0 Å². The van der Waals surface area contributed by atoms with Gasteiger partial charge in [0.25, 0.3) is 0 Å². The number of thiophene rings is 2. The molecule has 2 atom stereocenters. The van der Waals surface area contributed by atoms with E-state index in [1.807, 2.05) is 11.3 Å². The molecule has 0 aromatic carbocycles. The number of hydrogen-bond acceptors (Lipinski definition) is 3. The number of hydrogen-bond donors (Lipinski definition) is 0. The second-order valence-corrected chi connectivity index (χ2v) is 10.9. The summed E-state index contributed by atoms with van der Waals surface area (Å²) in [6, 6.07) is 7.11. The van der Waals surface area contributed by atoms with E-state index in [-0.39, 0.29) is 5.41 Å². The Hall–Kier alpha value is -1.11. The third-order valence-electron chi connectivity index (χ3n) is 7.11. The van der Waals surface area contributed by atoms with Gasteiger partial charge < -0.3 is 0 Å². The van der Waals surface area contributed by atoms with Crippen molar-refractivity contribution in [2.24, 2.45) is 11.8 Å². The van der Waals surface area contributed by atoms with E-state index < -0.39 is 0 Å². The standard InChI is InChI=1S/C26H37NS2/c1-5-9-11-19(7-3)16-26(17-20(8-4)12-10-6-2)22-13-14-28-24(22)25-23(26)15-21(18-27)29-25/h13-15,19-20H,5-12,16-17H2,1-4H3. The Labute approximate surface area is 186 Å². The second kappa shape index (κ2) is 10.3. The van der Waals surface area contributed by atoms with Gasteiger partial charge in [-0.15, -0.1) is 22.7 Å². The Balaban J connectivity index is 2.06. The normalized spacial score (nSPS) is 19.6. The Morgan fingerprint density at radius 1 is 0.931 bits per heavy atom. The van der Waals surface area contributed by atoms with Gasteiger partial charge in [-0.2, -0.15) is 5.26 Å². The van der Waals surface area contributed by atoms with Crippen LogP contribution < -0.4 is 0 Å². The average Bonchev–Trinajstić information content (AvgIpc) is 3.43. The zero-order valence-corrected chi connectivity index (χ0v) is 20.4. The highest BCUT2D eigenvalue weighted by molar-refractivity contribution is 7.22. The predicted octanol–water partition coefficient (Wildman–Crippen LogP) is 9.16. The van der Waals surface area contributed by atoms with Crippen molar-refractivity contribution in [2.75, 3.05) is 0 Å². The van der Waals surface area contributed by atoms with Gasteiger partial charge in [-0.3, -0.25) is 0 Å². The van der Waals surface area contributed by atoms with Crippen LogP contribution in [0.5, 0.6) is 0 Å². The maximum Gasteiger partial charge on any atom is 0.110 e. The van der Waals surface area contributed by atoms with Crippen LogP contribution in [0.3, 0.4) is 0 Å². The lowest BCUT2D eigenvalue weighted by Crippen LogP contribution is -2.31. The monoisotopic (exact) mass is 427 g/mol. The fraction of sp³-hybridized carbons (Fsp3) is 0.654. The molecular weight excluding hydrogens is 390 g/mol. The van der Waals surface area contributed by atoms with E-state index in [1.54, 1.807) is 16.9 Å². The predicted molar refractivity (Wildman–Crippen MR) is 129 cm³/mol. The molecule has 1 aliphatic carbocycles. The van der Waals surface area contributed by atoms with Crippen LogP contribution in [0.2, 0.25) is 0 Å². The van der Waals surface area contributed by atoms with Crippen molar-refractivity contribution in [3.05, 3.63) is 33.5 Å². The van der Waals surface area contributed by atoms with Gasteiger partial charge in [0.1, 0.15) is 10.9 Å². The van der Waals surface area contributed by atoms with Crippen LogP contribution in [0.4, 0.5) is 0 Å². The summed E-state index contributed by atoms with van der Waals surface area (Å²) in [4.78, 5) is 3.76. The molecule has 0 aliphatic heterocycles. The third kappa shape index (κ3) is 4.49. The summed E-state index contributed by atoms with van der Waals surface area (Å²) in [5.41, 5.74) is 3.20. The Bertz CT molecular complexity index is 804. The SMILES string of the molecule is CCCCC(CC)CC1(CC(CC)CCCC)c2ccsc2-c2sc(C#N)cc21. The molecule has 2 heterocycles. The van der Waals surface area contributed by atoms with Crippen LogP contribution in [0.25, 0.3) is 9.75 Å². The molecule has 2 unspecified atom stereocenters. The molecule has 3 rings (SSSR count). The van der Waals surface area contributed by atoms with Crippen molar-refractivity contribution in [1.29, 1.82) is 5.26 Å². The van der Waals surface area contributed by atoms with Crippen LogP contribution in [0, 0.1) is 23.2 Å². The van der Waals surface area contributed by atoms with Crippen LogP contribution in [0.15, 0.2) is 17.5 Å². The van der Waals surface area contributed by atoms with Gasteiger partial charge in [0.05, 0.1) is 4.88 Å². The maximum atomic E-state index is 9.62. The molecule has 158 valence electrons. The van der Waals surface area contributed by atoms with E-state index in [9.17, 15) is 5.26 Å². The van der Waals surface area contributed by atoms with E-state index in [2.05, 4.69) is 51.3 Å². The van der Waals surface area contributed by atoms with Gasteiger partial charge in [0.15, 0.2) is 0 Å². The number of rotatable bonds is 12. The number of fused-ring (bicyclic) bond motifs is 3. The van der Waals surface area contributed by atoms with Gasteiger partial charge in [0.2, 0.25) is 0 Å². The molecule has 0 fully saturated rings. The molecule has 29 heavy (non-hydrogen) atoms. The highest BCUT2D eigenvalue weighted by Crippen LogP contribution is 2.60. The first kappa shape index (κ1) is 22.6. The van der Waals surface area contributed by atoms with Gasteiger partial charge in [-0.05, 0) is 53.3 Å². The minimum atomic E-state index is 0.124. The molecule has 0 bridgehead atoms. The summed E-state index contributed by atoms with van der Waals surface area (Å²) < 4.78 is 0. The van der Waals surface area contributed by atoms with E-state index in [0.29, 0.717) is 0 Å². The first-order valence-electron chi connectivity index (χ1n) is 11.8. The molecular formula is C26H37NS2. The van der Waals surface area contributed by atoms with Gasteiger partial charge in [-0.1, -0.05) is 79.1 Å². The second-order valence-electron chi connectivity index (χ2n) is 8.95. The Kier molecular flexibility index (Phi) is 7.99. The molecule has 3 heteroatoms. The fourth-order valence-corrected chi connectivity index (χ4v) is 7.60. The largest absolute Gasteiger partial charge is 0.192 e. The van der Waals surface area contributed by atoms with Crippen LogP contribution in [-0.2, 0) is 5.41 Å². The van der Waals surface area contributed by atoms with Crippen molar-refractivity contribution in [3.63, 3.8) is 0 Å². The summed E-state index contributed by atoms with van der Waals surface area (Å²) in [7, 11) is 0. The fourth-order valence-electron chi connectivity index (χ4n) is 5.37. The topological polar surface area (TPSA) is 23.8 Å². The van der Waals surface area contributed by atoms with Crippen LogP contribution in [0.1, 0.15) is 108 Å². The third-order valence-corrected chi connectivity index (χ3v) is 9.22. The minimum absolute atomic E-state index is 0.124. The van der Waals surface area contributed by atoms with Crippen molar-refractivity contribution in [3.8, 4) is 15.8 Å². The molecule has 1 nitrogen and oxygen atoms in total. The van der Waals surface area contributed by atoms with Crippen LogP contribution >= 0.6 is 22.7 Å². The summed E-state index contributed by atoms with van der Waals surface area (Å²) in [5.74, 6) is 1.53. The summed E-state index contributed by atoms with van der Waals surface area (Å²) >= 11 is 3.61. The van der Waals surface area contributed by atoms with E-state index in [0.717, 1.165) is 16.7 Å². The van der Waals surface area contributed by atoms with Gasteiger partial charge >= 0.3 is 0 Å². The van der Waals surface area contributed by atoms with E-state index in [4.69, 9.17) is 0 Å². The zero-order valence-electron chi connectivity index (χ0n) is 18.7. The Morgan fingerprint density at radius 3 is 2.07 bits per heavy atom. The number of nitriles is 1. The lowest BCUT2D eigenvalue weighted by atomic mass is 9.66. The summed E-state index contributed by atoms with van der Waals surface area (Å²) in [5, 5.41) is 11.9. The quantitative estimate of drug-likeness (QED) is 0.331. The lowest BCUT2D eigenvalue weighted by molar-refractivity contribution is 0.266. The summed E-state index contributed by atoms with van der Waals surface area (Å²) in [6.07, 6.45) is 12.9. The maximum absolute atomic E-state index is 9.62. The molecule has 1 aliphatic rings. The number of unbranched alkanes of at least 4 members (excludes halogenated alkanes) is 2. The minimum Gasteiger partial charge on any atom is -0.192 e. The number of nitrogens with zero attached hydrogens (tertiary/aromatic N) is 1. The highest BCUT2D eigenvalue weighted by atomic mass is 32.1. The molecule has 0 amide bonds. The average molecular weight is 428 g/mol. The van der Waals surface area contributed by atoms with E-state index in [1.165, 1.54) is 79.5 Å². The lowest BCUT2D eigenvalue weighted by Gasteiger charge is -2.37. The first-order valence-corrected chi connectivity index (χ1v) is 13.5. The molecule has 0 spiro atoms. The molecule has 2 aromatic rings. The molecule has 0 saturated heterocycles. The van der Waals surface area contributed by atoms with Crippen molar-refractivity contribution in [1.82, 2.24) is 0 Å². The van der Waals surface area contributed by atoms with Crippen molar-refractivity contribution in [2.45, 2.75) is 97.3 Å². The Morgan fingerprint density at radius 2 is 1.55 bits per heavy atom. The van der Waals surface area contributed by atoms with E-state index >= 15 is 0 Å². The van der Waals surface area contributed by atoms with Gasteiger partial charge in [0, 0.05) is 10.3 Å².